The molecule has 0 fully saturated rings. The van der Waals surface area contributed by atoms with Crippen molar-refractivity contribution in [3.63, 3.8) is 0 Å². The van der Waals surface area contributed by atoms with Crippen molar-refractivity contribution in [2.75, 3.05) is 19.8 Å². The first-order valence-corrected chi connectivity index (χ1v) is 6.73. The molecular formula is C14H25NO3. The lowest BCUT2D eigenvalue weighted by Gasteiger charge is -2.12. The number of nitrogens with one attached hydrogen (secondary N) is 1. The molecule has 0 spiro atoms. The molecule has 0 aliphatic rings. The van der Waals surface area contributed by atoms with Crippen molar-refractivity contribution in [3.05, 3.63) is 23.7 Å². The van der Waals surface area contributed by atoms with Crippen LogP contribution in [0.4, 0.5) is 0 Å². The van der Waals surface area contributed by atoms with Gasteiger partial charge in [-0.25, -0.2) is 0 Å². The van der Waals surface area contributed by atoms with Crippen LogP contribution in [0.15, 0.2) is 16.7 Å². The molecule has 0 saturated heterocycles. The van der Waals surface area contributed by atoms with Gasteiger partial charge in [0, 0.05) is 12.2 Å². The van der Waals surface area contributed by atoms with Crippen LogP contribution < -0.4 is 5.32 Å². The van der Waals surface area contributed by atoms with E-state index >= 15 is 0 Å². The second-order valence-corrected chi connectivity index (χ2v) is 4.33. The topological polar surface area (TPSA) is 43.6 Å². The predicted molar refractivity (Wildman–Crippen MR) is 71.4 cm³/mol. The molecule has 104 valence electrons. The second-order valence-electron chi connectivity index (χ2n) is 4.33. The summed E-state index contributed by atoms with van der Waals surface area (Å²) < 4.78 is 16.5. The molecular weight excluding hydrogens is 230 g/mol. The van der Waals surface area contributed by atoms with Crippen LogP contribution in [0.25, 0.3) is 0 Å². The van der Waals surface area contributed by atoms with E-state index in [1.807, 2.05) is 19.9 Å². The molecule has 0 saturated carbocycles. The SMILES string of the molecule is CCCNCc1occc1COC(C)COCC. The van der Waals surface area contributed by atoms with E-state index in [1.54, 1.807) is 6.26 Å². The van der Waals surface area contributed by atoms with Gasteiger partial charge in [-0.15, -0.1) is 0 Å². The largest absolute Gasteiger partial charge is 0.468 e. The number of furan rings is 1. The van der Waals surface area contributed by atoms with E-state index in [2.05, 4.69) is 12.2 Å². The lowest BCUT2D eigenvalue weighted by Crippen LogP contribution is -2.17. The maximum Gasteiger partial charge on any atom is 0.123 e. The molecule has 1 atom stereocenters. The fourth-order valence-corrected chi connectivity index (χ4v) is 1.59. The Balaban J connectivity index is 2.30. The zero-order valence-electron chi connectivity index (χ0n) is 11.7. The second kappa shape index (κ2) is 9.14. The molecule has 0 amide bonds. The number of ether oxygens (including phenoxy) is 2. The highest BCUT2D eigenvalue weighted by Gasteiger charge is 2.08. The first-order valence-electron chi connectivity index (χ1n) is 6.73. The Labute approximate surface area is 110 Å². The summed E-state index contributed by atoms with van der Waals surface area (Å²) in [5, 5.41) is 3.33. The molecule has 4 heteroatoms. The summed E-state index contributed by atoms with van der Waals surface area (Å²) in [5.41, 5.74) is 1.11. The van der Waals surface area contributed by atoms with Crippen molar-refractivity contribution in [1.29, 1.82) is 0 Å². The van der Waals surface area contributed by atoms with E-state index in [-0.39, 0.29) is 6.10 Å². The summed E-state index contributed by atoms with van der Waals surface area (Å²) in [6.07, 6.45) is 2.95. The molecule has 1 aromatic heterocycles. The Morgan fingerprint density at radius 2 is 2.22 bits per heavy atom. The Hall–Kier alpha value is -0.840. The van der Waals surface area contributed by atoms with Gasteiger partial charge in [-0.3, -0.25) is 0 Å². The van der Waals surface area contributed by atoms with Crippen LogP contribution in [0.1, 0.15) is 38.5 Å². The van der Waals surface area contributed by atoms with Crippen LogP contribution in [0.2, 0.25) is 0 Å². The van der Waals surface area contributed by atoms with Gasteiger partial charge in [0.2, 0.25) is 0 Å². The van der Waals surface area contributed by atoms with Crippen LogP contribution in [-0.2, 0) is 22.6 Å². The van der Waals surface area contributed by atoms with Gasteiger partial charge in [0.15, 0.2) is 0 Å². The van der Waals surface area contributed by atoms with Crippen molar-refractivity contribution in [3.8, 4) is 0 Å². The van der Waals surface area contributed by atoms with E-state index < -0.39 is 0 Å². The van der Waals surface area contributed by atoms with Gasteiger partial charge in [-0.2, -0.15) is 0 Å². The zero-order valence-corrected chi connectivity index (χ0v) is 11.7. The van der Waals surface area contributed by atoms with E-state index in [0.717, 1.165) is 37.4 Å². The van der Waals surface area contributed by atoms with Crippen LogP contribution >= 0.6 is 0 Å². The van der Waals surface area contributed by atoms with E-state index in [9.17, 15) is 0 Å². The van der Waals surface area contributed by atoms with Crippen LogP contribution in [0, 0.1) is 0 Å². The lowest BCUT2D eigenvalue weighted by molar-refractivity contribution is -0.0121. The minimum atomic E-state index is 0.108. The van der Waals surface area contributed by atoms with Crippen molar-refractivity contribution < 1.29 is 13.9 Å². The first kappa shape index (κ1) is 15.2. The molecule has 18 heavy (non-hydrogen) atoms. The predicted octanol–water partition coefficient (Wildman–Crippen LogP) is 2.72. The van der Waals surface area contributed by atoms with Gasteiger partial charge in [0.05, 0.1) is 32.1 Å². The molecule has 0 aliphatic carbocycles. The van der Waals surface area contributed by atoms with Crippen molar-refractivity contribution >= 4 is 0 Å². The lowest BCUT2D eigenvalue weighted by atomic mass is 10.2. The maximum absolute atomic E-state index is 5.72. The fourth-order valence-electron chi connectivity index (χ4n) is 1.59. The molecule has 1 unspecified atom stereocenters. The highest BCUT2D eigenvalue weighted by atomic mass is 16.5. The number of hydrogen-bond donors (Lipinski definition) is 1. The average Bonchev–Trinajstić information content (AvgIpc) is 2.82. The third-order valence-corrected chi connectivity index (χ3v) is 2.63. The monoisotopic (exact) mass is 255 g/mol. The Bertz CT molecular complexity index is 312. The van der Waals surface area contributed by atoms with E-state index in [1.165, 1.54) is 0 Å². The molecule has 0 bridgehead atoms. The van der Waals surface area contributed by atoms with Crippen LogP contribution in [0.3, 0.4) is 0 Å². The van der Waals surface area contributed by atoms with Crippen molar-refractivity contribution in [2.24, 2.45) is 0 Å². The molecule has 0 aliphatic heterocycles. The standard InChI is InChI=1S/C14H25NO3/c1-4-7-15-9-14-13(6-8-17-14)11-18-12(3)10-16-5-2/h6,8,12,15H,4-5,7,9-11H2,1-3H3. The van der Waals surface area contributed by atoms with Gasteiger partial charge in [-0.05, 0) is 32.9 Å². The summed E-state index contributed by atoms with van der Waals surface area (Å²) >= 11 is 0. The highest BCUT2D eigenvalue weighted by molar-refractivity contribution is 5.15. The number of hydrogen-bond acceptors (Lipinski definition) is 4. The Morgan fingerprint density at radius 3 is 2.94 bits per heavy atom. The van der Waals surface area contributed by atoms with Gasteiger partial charge in [-0.1, -0.05) is 6.92 Å². The third kappa shape index (κ3) is 5.67. The van der Waals surface area contributed by atoms with Gasteiger partial charge >= 0.3 is 0 Å². The summed E-state index contributed by atoms with van der Waals surface area (Å²) in [7, 11) is 0. The fraction of sp³-hybridized carbons (Fsp3) is 0.714. The van der Waals surface area contributed by atoms with Gasteiger partial charge in [0.25, 0.3) is 0 Å². The molecule has 1 N–H and O–H groups in total. The normalized spacial score (nSPS) is 12.8. The molecule has 1 aromatic rings. The Morgan fingerprint density at radius 1 is 1.39 bits per heavy atom. The van der Waals surface area contributed by atoms with Crippen molar-refractivity contribution in [1.82, 2.24) is 5.32 Å². The first-order chi connectivity index (χ1) is 8.77. The average molecular weight is 255 g/mol. The minimum Gasteiger partial charge on any atom is -0.468 e. The smallest absolute Gasteiger partial charge is 0.123 e. The molecule has 4 nitrogen and oxygen atoms in total. The van der Waals surface area contributed by atoms with Gasteiger partial charge < -0.3 is 19.2 Å². The summed E-state index contributed by atoms with van der Waals surface area (Å²) in [6.45, 7) is 9.86. The molecule has 1 heterocycles. The van der Waals surface area contributed by atoms with E-state index in [0.29, 0.717) is 13.2 Å². The molecule has 0 radical (unpaired) electrons. The third-order valence-electron chi connectivity index (χ3n) is 2.63. The number of rotatable bonds is 10. The minimum absolute atomic E-state index is 0.108. The van der Waals surface area contributed by atoms with Crippen LogP contribution in [-0.4, -0.2) is 25.9 Å². The van der Waals surface area contributed by atoms with Gasteiger partial charge in [0.1, 0.15) is 5.76 Å². The maximum atomic E-state index is 5.72. The van der Waals surface area contributed by atoms with Crippen molar-refractivity contribution in [2.45, 2.75) is 46.4 Å². The van der Waals surface area contributed by atoms with E-state index in [4.69, 9.17) is 13.9 Å². The zero-order chi connectivity index (χ0) is 13.2. The molecule has 1 rings (SSSR count). The quantitative estimate of drug-likeness (QED) is 0.653. The Kier molecular flexibility index (Phi) is 7.73. The highest BCUT2D eigenvalue weighted by Crippen LogP contribution is 2.12. The molecule has 0 aromatic carbocycles. The summed E-state index contributed by atoms with van der Waals surface area (Å²) in [5.74, 6) is 0.965. The van der Waals surface area contributed by atoms with Crippen LogP contribution in [0.5, 0.6) is 0 Å². The summed E-state index contributed by atoms with van der Waals surface area (Å²) in [4.78, 5) is 0. The summed E-state index contributed by atoms with van der Waals surface area (Å²) in [6, 6.07) is 1.97.